The SMILES string of the molecule is NC(=O)[C@@]1(Cc2ccccc2)N=C(Cc2ccccc2)C(=O)N1. The minimum Gasteiger partial charge on any atom is -0.366 e. The van der Waals surface area contributed by atoms with Crippen molar-refractivity contribution in [1.82, 2.24) is 5.32 Å². The highest BCUT2D eigenvalue weighted by Gasteiger charge is 2.44. The molecule has 23 heavy (non-hydrogen) atoms. The number of rotatable bonds is 5. The van der Waals surface area contributed by atoms with E-state index in [4.69, 9.17) is 5.73 Å². The fraction of sp³-hybridized carbons (Fsp3) is 0.167. The summed E-state index contributed by atoms with van der Waals surface area (Å²) < 4.78 is 0. The third-order valence-electron chi connectivity index (χ3n) is 3.83. The van der Waals surface area contributed by atoms with Crippen LogP contribution in [0.3, 0.4) is 0 Å². The summed E-state index contributed by atoms with van der Waals surface area (Å²) >= 11 is 0. The molecule has 0 spiro atoms. The average Bonchev–Trinajstić information content (AvgIpc) is 2.86. The maximum atomic E-state index is 12.2. The summed E-state index contributed by atoms with van der Waals surface area (Å²) in [6, 6.07) is 18.9. The van der Waals surface area contributed by atoms with Gasteiger partial charge in [0.2, 0.25) is 5.66 Å². The lowest BCUT2D eigenvalue weighted by Crippen LogP contribution is -2.54. The van der Waals surface area contributed by atoms with Crippen molar-refractivity contribution in [2.45, 2.75) is 18.5 Å². The van der Waals surface area contributed by atoms with Gasteiger partial charge in [0.25, 0.3) is 11.8 Å². The van der Waals surface area contributed by atoms with Crippen LogP contribution in [0, 0.1) is 0 Å². The molecule has 0 radical (unpaired) electrons. The Kier molecular flexibility index (Phi) is 3.93. The fourth-order valence-electron chi connectivity index (χ4n) is 2.66. The Hall–Kier alpha value is -2.95. The highest BCUT2D eigenvalue weighted by molar-refractivity contribution is 6.42. The van der Waals surface area contributed by atoms with Crippen molar-refractivity contribution < 1.29 is 9.59 Å². The molecule has 0 fully saturated rings. The lowest BCUT2D eigenvalue weighted by atomic mass is 10.00. The summed E-state index contributed by atoms with van der Waals surface area (Å²) in [5.41, 5.74) is 6.31. The quantitative estimate of drug-likeness (QED) is 0.870. The highest BCUT2D eigenvalue weighted by atomic mass is 16.2. The first-order valence-corrected chi connectivity index (χ1v) is 7.38. The molecule has 0 saturated heterocycles. The number of nitrogens with two attached hydrogens (primary N) is 1. The Balaban J connectivity index is 1.89. The zero-order valence-electron chi connectivity index (χ0n) is 12.5. The third-order valence-corrected chi connectivity index (χ3v) is 3.83. The van der Waals surface area contributed by atoms with Crippen LogP contribution in [0.1, 0.15) is 11.1 Å². The van der Waals surface area contributed by atoms with Crippen LogP contribution < -0.4 is 11.1 Å². The third kappa shape index (κ3) is 3.13. The van der Waals surface area contributed by atoms with E-state index < -0.39 is 11.6 Å². The topological polar surface area (TPSA) is 84.6 Å². The molecule has 0 aliphatic carbocycles. The number of hydrogen-bond donors (Lipinski definition) is 2. The molecule has 3 rings (SSSR count). The first-order valence-electron chi connectivity index (χ1n) is 7.38. The van der Waals surface area contributed by atoms with Gasteiger partial charge in [-0.15, -0.1) is 0 Å². The Morgan fingerprint density at radius 2 is 1.57 bits per heavy atom. The van der Waals surface area contributed by atoms with Gasteiger partial charge in [-0.3, -0.25) is 9.59 Å². The van der Waals surface area contributed by atoms with E-state index >= 15 is 0 Å². The van der Waals surface area contributed by atoms with E-state index in [1.165, 1.54) is 0 Å². The normalized spacial score (nSPS) is 20.0. The number of primary amides is 1. The Morgan fingerprint density at radius 1 is 1.00 bits per heavy atom. The molecule has 1 aliphatic heterocycles. The molecule has 2 amide bonds. The Morgan fingerprint density at radius 3 is 2.13 bits per heavy atom. The van der Waals surface area contributed by atoms with Gasteiger partial charge in [-0.1, -0.05) is 60.7 Å². The van der Waals surface area contributed by atoms with Crippen LogP contribution in [-0.2, 0) is 22.4 Å². The molecule has 3 N–H and O–H groups in total. The summed E-state index contributed by atoms with van der Waals surface area (Å²) in [7, 11) is 0. The van der Waals surface area contributed by atoms with Crippen molar-refractivity contribution >= 4 is 17.5 Å². The molecule has 5 nitrogen and oxygen atoms in total. The standard InChI is InChI=1S/C18H17N3O2/c19-17(23)18(12-14-9-5-2-6-10-14)20-15(16(22)21-18)11-13-7-3-1-4-8-13/h1-10H,11-12H2,(H2,19,23)(H,21,22)/t18-/m0/s1. The highest BCUT2D eigenvalue weighted by Crippen LogP contribution is 2.21. The smallest absolute Gasteiger partial charge is 0.267 e. The molecule has 5 heteroatoms. The molecular weight excluding hydrogens is 290 g/mol. The van der Waals surface area contributed by atoms with E-state index in [1.54, 1.807) is 0 Å². The van der Waals surface area contributed by atoms with Gasteiger partial charge in [-0.05, 0) is 11.1 Å². The summed E-state index contributed by atoms with van der Waals surface area (Å²) in [6.07, 6.45) is 0.615. The minimum absolute atomic E-state index is 0.243. The number of amides is 2. The molecule has 0 aromatic heterocycles. The van der Waals surface area contributed by atoms with Gasteiger partial charge in [-0.25, -0.2) is 4.99 Å². The number of nitrogens with zero attached hydrogens (tertiary/aromatic N) is 1. The molecule has 2 aromatic rings. The molecule has 116 valence electrons. The number of carbonyl (C=O) groups excluding carboxylic acids is 2. The van der Waals surface area contributed by atoms with Gasteiger partial charge in [0.1, 0.15) is 5.71 Å². The maximum absolute atomic E-state index is 12.2. The van der Waals surface area contributed by atoms with Crippen LogP contribution in [0.2, 0.25) is 0 Å². The van der Waals surface area contributed by atoms with Gasteiger partial charge < -0.3 is 11.1 Å². The monoisotopic (exact) mass is 307 g/mol. The second-order valence-corrected chi connectivity index (χ2v) is 5.56. The molecule has 1 aliphatic rings. The molecule has 0 unspecified atom stereocenters. The fourth-order valence-corrected chi connectivity index (χ4v) is 2.66. The van der Waals surface area contributed by atoms with Crippen molar-refractivity contribution in [3.63, 3.8) is 0 Å². The van der Waals surface area contributed by atoms with Crippen LogP contribution in [0.25, 0.3) is 0 Å². The number of hydrogen-bond acceptors (Lipinski definition) is 3. The predicted octanol–water partition coefficient (Wildman–Crippen LogP) is 1.22. The maximum Gasteiger partial charge on any atom is 0.267 e. The lowest BCUT2D eigenvalue weighted by Gasteiger charge is -2.22. The largest absolute Gasteiger partial charge is 0.366 e. The second-order valence-electron chi connectivity index (χ2n) is 5.56. The van der Waals surface area contributed by atoms with Crippen LogP contribution in [-0.4, -0.2) is 23.2 Å². The molecule has 2 aromatic carbocycles. The average molecular weight is 307 g/mol. The van der Waals surface area contributed by atoms with Gasteiger partial charge in [0, 0.05) is 12.8 Å². The number of nitrogens with one attached hydrogen (secondary N) is 1. The van der Waals surface area contributed by atoms with E-state index in [9.17, 15) is 9.59 Å². The predicted molar refractivity (Wildman–Crippen MR) is 87.8 cm³/mol. The van der Waals surface area contributed by atoms with Gasteiger partial charge in [-0.2, -0.15) is 0 Å². The second kappa shape index (κ2) is 6.04. The van der Waals surface area contributed by atoms with Gasteiger partial charge in [0.05, 0.1) is 0 Å². The van der Waals surface area contributed by atoms with Crippen molar-refractivity contribution in [3.05, 3.63) is 71.8 Å². The zero-order valence-corrected chi connectivity index (χ0v) is 12.5. The van der Waals surface area contributed by atoms with Crippen molar-refractivity contribution in [3.8, 4) is 0 Å². The molecule has 1 atom stereocenters. The van der Waals surface area contributed by atoms with E-state index in [1.807, 2.05) is 60.7 Å². The van der Waals surface area contributed by atoms with Crippen molar-refractivity contribution in [1.29, 1.82) is 0 Å². The molecule has 0 bridgehead atoms. The molecule has 0 saturated carbocycles. The first-order chi connectivity index (χ1) is 11.1. The van der Waals surface area contributed by atoms with E-state index in [-0.39, 0.29) is 12.3 Å². The lowest BCUT2D eigenvalue weighted by molar-refractivity contribution is -0.127. The van der Waals surface area contributed by atoms with Crippen LogP contribution in [0.15, 0.2) is 65.7 Å². The Bertz CT molecular complexity index is 756. The molecule has 1 heterocycles. The zero-order chi connectivity index (χ0) is 16.3. The molecular formula is C18H17N3O2. The van der Waals surface area contributed by atoms with Crippen LogP contribution in [0.4, 0.5) is 0 Å². The van der Waals surface area contributed by atoms with Crippen molar-refractivity contribution in [2.24, 2.45) is 10.7 Å². The summed E-state index contributed by atoms with van der Waals surface area (Å²) in [4.78, 5) is 28.6. The summed E-state index contributed by atoms with van der Waals surface area (Å²) in [5.74, 6) is -0.999. The first kappa shape index (κ1) is 15.0. The number of benzene rings is 2. The number of aliphatic imine (C=N–C) groups is 1. The number of carbonyl (C=O) groups is 2. The van der Waals surface area contributed by atoms with E-state index in [0.29, 0.717) is 12.1 Å². The van der Waals surface area contributed by atoms with E-state index in [2.05, 4.69) is 10.3 Å². The van der Waals surface area contributed by atoms with Crippen molar-refractivity contribution in [2.75, 3.05) is 0 Å². The summed E-state index contributed by atoms with van der Waals surface area (Å²) in [5, 5.41) is 2.67. The van der Waals surface area contributed by atoms with Crippen LogP contribution >= 0.6 is 0 Å². The van der Waals surface area contributed by atoms with Gasteiger partial charge >= 0.3 is 0 Å². The summed E-state index contributed by atoms with van der Waals surface area (Å²) in [6.45, 7) is 0. The van der Waals surface area contributed by atoms with Crippen LogP contribution in [0.5, 0.6) is 0 Å². The van der Waals surface area contributed by atoms with Gasteiger partial charge in [0.15, 0.2) is 0 Å². The minimum atomic E-state index is -1.40. The Labute approximate surface area is 134 Å². The van der Waals surface area contributed by atoms with E-state index in [0.717, 1.165) is 11.1 Å².